The second kappa shape index (κ2) is 6.49. The van der Waals surface area contributed by atoms with E-state index in [-0.39, 0.29) is 0 Å². The lowest BCUT2D eigenvalue weighted by Gasteiger charge is -2.37. The predicted molar refractivity (Wildman–Crippen MR) is 65.1 cm³/mol. The van der Waals surface area contributed by atoms with Crippen molar-refractivity contribution in [2.24, 2.45) is 11.8 Å². The van der Waals surface area contributed by atoms with Crippen molar-refractivity contribution in [1.82, 2.24) is 5.32 Å². The van der Waals surface area contributed by atoms with Crippen LogP contribution in [0.3, 0.4) is 0 Å². The summed E-state index contributed by atoms with van der Waals surface area (Å²) in [6, 6.07) is 0.713. The van der Waals surface area contributed by atoms with Crippen LogP contribution in [0.4, 0.5) is 0 Å². The first kappa shape index (κ1) is 13.0. The number of hydrogen-bond acceptors (Lipinski definition) is 2. The van der Waals surface area contributed by atoms with E-state index in [4.69, 9.17) is 4.74 Å². The molecule has 1 aliphatic carbocycles. The Labute approximate surface area is 94.8 Å². The molecule has 1 N–H and O–H groups in total. The molecule has 0 amide bonds. The Morgan fingerprint density at radius 2 is 2.13 bits per heavy atom. The first-order valence-electron chi connectivity index (χ1n) is 6.41. The van der Waals surface area contributed by atoms with Gasteiger partial charge in [0, 0.05) is 13.2 Å². The molecule has 4 atom stereocenters. The topological polar surface area (TPSA) is 21.3 Å². The van der Waals surface area contributed by atoms with Gasteiger partial charge >= 0.3 is 0 Å². The monoisotopic (exact) mass is 213 g/mol. The molecule has 4 unspecified atom stereocenters. The molecule has 2 nitrogen and oxygen atoms in total. The van der Waals surface area contributed by atoms with E-state index in [0.29, 0.717) is 12.1 Å². The van der Waals surface area contributed by atoms with Crippen LogP contribution in [0.25, 0.3) is 0 Å². The van der Waals surface area contributed by atoms with E-state index in [1.165, 1.54) is 32.1 Å². The van der Waals surface area contributed by atoms with E-state index in [9.17, 15) is 0 Å². The van der Waals surface area contributed by atoms with Gasteiger partial charge in [-0.25, -0.2) is 0 Å². The summed E-state index contributed by atoms with van der Waals surface area (Å²) in [5, 5.41) is 3.47. The first-order valence-corrected chi connectivity index (χ1v) is 6.41. The molecule has 0 radical (unpaired) electrons. The molecule has 0 heterocycles. The summed E-state index contributed by atoms with van der Waals surface area (Å²) in [5.41, 5.74) is 0. The van der Waals surface area contributed by atoms with Crippen molar-refractivity contribution in [1.29, 1.82) is 0 Å². The van der Waals surface area contributed by atoms with E-state index in [0.717, 1.165) is 11.8 Å². The van der Waals surface area contributed by atoms with E-state index in [1.54, 1.807) is 0 Å². The van der Waals surface area contributed by atoms with Crippen LogP contribution < -0.4 is 5.32 Å². The van der Waals surface area contributed by atoms with Crippen LogP contribution in [-0.4, -0.2) is 26.3 Å². The van der Waals surface area contributed by atoms with Gasteiger partial charge in [-0.15, -0.1) is 0 Å². The minimum atomic E-state index is 0.404. The maximum atomic E-state index is 5.39. The molecule has 1 saturated carbocycles. The standard InChI is InChI=1S/C13H27NO/c1-5-11-6-7-13(14-3)12(9-11)8-10(2)15-4/h10-14H,5-9H2,1-4H3. The fourth-order valence-corrected chi connectivity index (χ4v) is 2.90. The highest BCUT2D eigenvalue weighted by molar-refractivity contribution is 4.84. The van der Waals surface area contributed by atoms with Crippen LogP contribution in [0.5, 0.6) is 0 Å². The zero-order valence-corrected chi connectivity index (χ0v) is 10.8. The van der Waals surface area contributed by atoms with Crippen molar-refractivity contribution < 1.29 is 4.74 Å². The Morgan fingerprint density at radius 1 is 1.40 bits per heavy atom. The molecule has 1 aliphatic rings. The van der Waals surface area contributed by atoms with Gasteiger partial charge in [0.15, 0.2) is 0 Å². The third-order valence-corrected chi connectivity index (χ3v) is 4.08. The molecule has 0 aromatic heterocycles. The lowest BCUT2D eigenvalue weighted by molar-refractivity contribution is 0.0712. The quantitative estimate of drug-likeness (QED) is 0.758. The molecule has 0 aliphatic heterocycles. The molecule has 0 saturated heterocycles. The third kappa shape index (κ3) is 3.76. The first-order chi connectivity index (χ1) is 7.21. The summed E-state index contributed by atoms with van der Waals surface area (Å²) in [5.74, 6) is 1.76. The van der Waals surface area contributed by atoms with Crippen molar-refractivity contribution in [3.8, 4) is 0 Å². The lowest BCUT2D eigenvalue weighted by Crippen LogP contribution is -2.40. The molecular formula is C13H27NO. The summed E-state index contributed by atoms with van der Waals surface area (Å²) < 4.78 is 5.39. The Balaban J connectivity index is 2.47. The van der Waals surface area contributed by atoms with E-state index in [1.807, 2.05) is 7.11 Å². The summed E-state index contributed by atoms with van der Waals surface area (Å²) in [4.78, 5) is 0. The minimum Gasteiger partial charge on any atom is -0.382 e. The SMILES string of the molecule is CCC1CCC(NC)C(CC(C)OC)C1. The number of hydrogen-bond donors (Lipinski definition) is 1. The minimum absolute atomic E-state index is 0.404. The summed E-state index contributed by atoms with van der Waals surface area (Å²) in [7, 11) is 3.92. The van der Waals surface area contributed by atoms with E-state index >= 15 is 0 Å². The normalized spacial score (nSPS) is 34.0. The van der Waals surface area contributed by atoms with Gasteiger partial charge in [-0.2, -0.15) is 0 Å². The van der Waals surface area contributed by atoms with Crippen molar-refractivity contribution >= 4 is 0 Å². The van der Waals surface area contributed by atoms with Crippen molar-refractivity contribution in [3.05, 3.63) is 0 Å². The number of ether oxygens (including phenoxy) is 1. The van der Waals surface area contributed by atoms with Gasteiger partial charge in [-0.3, -0.25) is 0 Å². The van der Waals surface area contributed by atoms with Gasteiger partial charge in [-0.05, 0) is 51.5 Å². The molecule has 0 bridgehead atoms. The molecule has 2 heteroatoms. The second-order valence-corrected chi connectivity index (χ2v) is 5.02. The summed E-state index contributed by atoms with van der Waals surface area (Å²) in [6.07, 6.45) is 7.08. The van der Waals surface area contributed by atoms with E-state index in [2.05, 4.69) is 26.2 Å². The van der Waals surface area contributed by atoms with E-state index < -0.39 is 0 Å². The van der Waals surface area contributed by atoms with Crippen molar-refractivity contribution in [2.75, 3.05) is 14.2 Å². The average Bonchev–Trinajstić information content (AvgIpc) is 2.28. The lowest BCUT2D eigenvalue weighted by atomic mass is 9.75. The van der Waals surface area contributed by atoms with Crippen LogP contribution in [0.1, 0.15) is 46.0 Å². The fourth-order valence-electron chi connectivity index (χ4n) is 2.90. The Morgan fingerprint density at radius 3 is 2.67 bits per heavy atom. The summed E-state index contributed by atoms with van der Waals surface area (Å²) in [6.45, 7) is 4.50. The van der Waals surface area contributed by atoms with Gasteiger partial charge < -0.3 is 10.1 Å². The highest BCUT2D eigenvalue weighted by Gasteiger charge is 2.29. The number of methoxy groups -OCH3 is 1. The molecule has 15 heavy (non-hydrogen) atoms. The van der Waals surface area contributed by atoms with Gasteiger partial charge in [0.25, 0.3) is 0 Å². The van der Waals surface area contributed by atoms with Gasteiger partial charge in [0.2, 0.25) is 0 Å². The van der Waals surface area contributed by atoms with Crippen LogP contribution in [0.2, 0.25) is 0 Å². The highest BCUT2D eigenvalue weighted by atomic mass is 16.5. The van der Waals surface area contributed by atoms with Gasteiger partial charge in [0.05, 0.1) is 6.10 Å². The fraction of sp³-hybridized carbons (Fsp3) is 1.00. The second-order valence-electron chi connectivity index (χ2n) is 5.02. The van der Waals surface area contributed by atoms with Gasteiger partial charge in [0.1, 0.15) is 0 Å². The molecule has 0 aromatic carbocycles. The van der Waals surface area contributed by atoms with Crippen molar-refractivity contribution in [3.63, 3.8) is 0 Å². The van der Waals surface area contributed by atoms with Crippen molar-refractivity contribution in [2.45, 2.75) is 58.1 Å². The maximum absolute atomic E-state index is 5.39. The van der Waals surface area contributed by atoms with Crippen LogP contribution in [-0.2, 0) is 4.74 Å². The van der Waals surface area contributed by atoms with Crippen LogP contribution in [0, 0.1) is 11.8 Å². The molecule has 0 aromatic rings. The van der Waals surface area contributed by atoms with Crippen LogP contribution >= 0.6 is 0 Å². The van der Waals surface area contributed by atoms with Crippen LogP contribution in [0.15, 0.2) is 0 Å². The van der Waals surface area contributed by atoms with Gasteiger partial charge in [-0.1, -0.05) is 13.3 Å². The maximum Gasteiger partial charge on any atom is 0.0546 e. The largest absolute Gasteiger partial charge is 0.382 e. The zero-order chi connectivity index (χ0) is 11.3. The highest BCUT2D eigenvalue weighted by Crippen LogP contribution is 2.34. The summed E-state index contributed by atoms with van der Waals surface area (Å²) >= 11 is 0. The Hall–Kier alpha value is -0.0800. The molecule has 0 spiro atoms. The molecule has 1 rings (SSSR count). The average molecular weight is 213 g/mol. The third-order valence-electron chi connectivity index (χ3n) is 4.08. The molecule has 90 valence electrons. The Kier molecular flexibility index (Phi) is 5.62. The zero-order valence-electron chi connectivity index (χ0n) is 10.8. The molecule has 1 fully saturated rings. The smallest absolute Gasteiger partial charge is 0.0546 e. The Bertz CT molecular complexity index is 170. The molecular weight excluding hydrogens is 186 g/mol. The number of rotatable bonds is 5. The number of nitrogens with one attached hydrogen (secondary N) is 1. The predicted octanol–water partition coefficient (Wildman–Crippen LogP) is 2.83.